The minimum atomic E-state index is 0.165. The molecule has 0 saturated heterocycles. The summed E-state index contributed by atoms with van der Waals surface area (Å²) in [6, 6.07) is 0. The van der Waals surface area contributed by atoms with Gasteiger partial charge in [0.2, 0.25) is 0 Å². The van der Waals surface area contributed by atoms with Crippen LogP contribution in [0.4, 0.5) is 0 Å². The van der Waals surface area contributed by atoms with E-state index in [4.69, 9.17) is 0 Å². The predicted molar refractivity (Wildman–Crippen MR) is 79.5 cm³/mol. The molecule has 17 heavy (non-hydrogen) atoms. The summed E-state index contributed by atoms with van der Waals surface area (Å²) >= 11 is 0. The molecule has 0 aliphatic rings. The Hall–Kier alpha value is -0.300. The fourth-order valence-corrected chi connectivity index (χ4v) is 1.96. The van der Waals surface area contributed by atoms with Gasteiger partial charge in [0, 0.05) is 5.54 Å². The van der Waals surface area contributed by atoms with Crippen molar-refractivity contribution in [1.29, 1.82) is 0 Å². The van der Waals surface area contributed by atoms with E-state index in [1.54, 1.807) is 0 Å². The van der Waals surface area contributed by atoms with Gasteiger partial charge in [-0.15, -0.1) is 0 Å². The van der Waals surface area contributed by atoms with Gasteiger partial charge in [-0.3, -0.25) is 0 Å². The van der Waals surface area contributed by atoms with Crippen molar-refractivity contribution in [2.75, 3.05) is 6.54 Å². The third kappa shape index (κ3) is 12.0. The first-order valence-corrected chi connectivity index (χ1v) is 7.55. The van der Waals surface area contributed by atoms with E-state index in [1.165, 1.54) is 44.9 Å². The van der Waals surface area contributed by atoms with Gasteiger partial charge in [-0.25, -0.2) is 0 Å². The van der Waals surface area contributed by atoms with Crippen LogP contribution in [0.3, 0.4) is 0 Å². The monoisotopic (exact) mass is 239 g/mol. The van der Waals surface area contributed by atoms with Crippen LogP contribution >= 0.6 is 0 Å². The summed E-state index contributed by atoms with van der Waals surface area (Å²) in [7, 11) is 0. The van der Waals surface area contributed by atoms with Gasteiger partial charge < -0.3 is 5.32 Å². The topological polar surface area (TPSA) is 12.0 Å². The van der Waals surface area contributed by atoms with Gasteiger partial charge in [0.1, 0.15) is 0 Å². The van der Waals surface area contributed by atoms with Crippen LogP contribution in [0.5, 0.6) is 0 Å². The quantitative estimate of drug-likeness (QED) is 0.392. The molecule has 1 heteroatoms. The summed E-state index contributed by atoms with van der Waals surface area (Å²) in [5.74, 6) is 0. The molecular formula is C16H33N. The molecule has 0 heterocycles. The molecule has 1 N–H and O–H groups in total. The van der Waals surface area contributed by atoms with Gasteiger partial charge in [0.25, 0.3) is 0 Å². The molecule has 0 radical (unpaired) electrons. The van der Waals surface area contributed by atoms with Crippen molar-refractivity contribution in [3.63, 3.8) is 0 Å². The van der Waals surface area contributed by atoms with Gasteiger partial charge in [-0.05, 0) is 33.2 Å². The van der Waals surface area contributed by atoms with Gasteiger partial charge in [0.05, 0.1) is 0 Å². The fourth-order valence-electron chi connectivity index (χ4n) is 1.96. The molecule has 0 aromatic heterocycles. The van der Waals surface area contributed by atoms with E-state index in [0.717, 1.165) is 13.0 Å². The van der Waals surface area contributed by atoms with Crippen LogP contribution < -0.4 is 5.32 Å². The minimum absolute atomic E-state index is 0.165. The molecule has 102 valence electrons. The molecule has 0 aromatic rings. The van der Waals surface area contributed by atoms with Crippen LogP contribution in [0.25, 0.3) is 0 Å². The maximum Gasteiger partial charge on any atom is 0.0307 e. The Kier molecular flexibility index (Phi) is 10.6. The number of nitrogens with one attached hydrogen (secondary N) is 1. The van der Waals surface area contributed by atoms with Gasteiger partial charge in [-0.2, -0.15) is 0 Å². The molecule has 0 aromatic carbocycles. The first-order valence-electron chi connectivity index (χ1n) is 7.55. The highest BCUT2D eigenvalue weighted by atomic mass is 14.9. The van der Waals surface area contributed by atoms with E-state index in [2.05, 4.69) is 45.2 Å². The lowest BCUT2D eigenvalue weighted by Crippen LogP contribution is -2.37. The van der Waals surface area contributed by atoms with E-state index in [0.29, 0.717) is 0 Å². The Morgan fingerprint density at radius 1 is 0.882 bits per heavy atom. The highest BCUT2D eigenvalue weighted by Gasteiger charge is 2.10. The van der Waals surface area contributed by atoms with Crippen molar-refractivity contribution >= 4 is 0 Å². The van der Waals surface area contributed by atoms with Crippen molar-refractivity contribution in [2.24, 2.45) is 0 Å². The summed E-state index contributed by atoms with van der Waals surface area (Å²) in [5.41, 5.74) is 0.165. The van der Waals surface area contributed by atoms with Crippen LogP contribution in [-0.4, -0.2) is 12.1 Å². The number of rotatable bonds is 11. The summed E-state index contributed by atoms with van der Waals surface area (Å²) in [6.45, 7) is 10.1. The normalized spacial score (nSPS) is 12.5. The molecule has 0 saturated carbocycles. The number of unbranched alkanes of at least 4 members (excludes halogenated alkanes) is 6. The van der Waals surface area contributed by atoms with E-state index in [1.807, 2.05) is 0 Å². The minimum Gasteiger partial charge on any atom is -0.308 e. The summed E-state index contributed by atoms with van der Waals surface area (Å²) < 4.78 is 0. The molecule has 0 unspecified atom stereocenters. The number of hydrogen-bond acceptors (Lipinski definition) is 1. The molecule has 0 spiro atoms. The highest BCUT2D eigenvalue weighted by Crippen LogP contribution is 2.08. The van der Waals surface area contributed by atoms with Crippen LogP contribution in [0.15, 0.2) is 12.2 Å². The van der Waals surface area contributed by atoms with Gasteiger partial charge >= 0.3 is 0 Å². The maximum atomic E-state index is 3.61. The lowest BCUT2D eigenvalue weighted by Gasteiger charge is -2.22. The number of hydrogen-bond donors (Lipinski definition) is 1. The van der Waals surface area contributed by atoms with Crippen LogP contribution in [-0.2, 0) is 0 Å². The van der Waals surface area contributed by atoms with Crippen molar-refractivity contribution in [3.05, 3.63) is 12.2 Å². The summed E-state index contributed by atoms with van der Waals surface area (Å²) in [5, 5.41) is 3.61. The predicted octanol–water partition coefficient (Wildman–Crippen LogP) is 5.07. The highest BCUT2D eigenvalue weighted by molar-refractivity contribution is 5.00. The zero-order chi connectivity index (χ0) is 13.0. The SMILES string of the molecule is CCC=CC(C)(C)NCCCCCCCCC. The van der Waals surface area contributed by atoms with E-state index < -0.39 is 0 Å². The third-order valence-corrected chi connectivity index (χ3v) is 3.13. The Labute approximate surface area is 109 Å². The lowest BCUT2D eigenvalue weighted by molar-refractivity contribution is 0.456. The van der Waals surface area contributed by atoms with E-state index >= 15 is 0 Å². The molecule has 0 fully saturated rings. The molecule has 0 atom stereocenters. The second kappa shape index (κ2) is 10.8. The van der Waals surface area contributed by atoms with E-state index in [9.17, 15) is 0 Å². The Bertz CT molecular complexity index is 182. The van der Waals surface area contributed by atoms with E-state index in [-0.39, 0.29) is 5.54 Å². The molecule has 0 aliphatic carbocycles. The summed E-state index contributed by atoms with van der Waals surface area (Å²) in [4.78, 5) is 0. The van der Waals surface area contributed by atoms with Crippen molar-refractivity contribution < 1.29 is 0 Å². The zero-order valence-corrected chi connectivity index (χ0v) is 12.5. The van der Waals surface area contributed by atoms with Crippen LogP contribution in [0.1, 0.15) is 79.1 Å². The van der Waals surface area contributed by atoms with Crippen molar-refractivity contribution in [1.82, 2.24) is 5.32 Å². The molecule has 0 aliphatic heterocycles. The Morgan fingerprint density at radius 2 is 1.47 bits per heavy atom. The summed E-state index contributed by atoms with van der Waals surface area (Å²) in [6.07, 6.45) is 15.4. The standard InChI is InChI=1S/C16H33N/c1-5-7-9-10-11-12-13-15-17-16(3,4)14-8-6-2/h8,14,17H,5-7,9-13,15H2,1-4H3. The molecular weight excluding hydrogens is 206 g/mol. The second-order valence-electron chi connectivity index (χ2n) is 5.58. The second-order valence-corrected chi connectivity index (χ2v) is 5.58. The Morgan fingerprint density at radius 3 is 2.06 bits per heavy atom. The smallest absolute Gasteiger partial charge is 0.0307 e. The average Bonchev–Trinajstić information content (AvgIpc) is 2.30. The maximum absolute atomic E-state index is 3.61. The largest absolute Gasteiger partial charge is 0.308 e. The van der Waals surface area contributed by atoms with Gasteiger partial charge in [-0.1, -0.05) is 64.5 Å². The molecule has 1 nitrogen and oxygen atoms in total. The van der Waals surface area contributed by atoms with Crippen LogP contribution in [0, 0.1) is 0 Å². The third-order valence-electron chi connectivity index (χ3n) is 3.13. The molecule has 0 amide bonds. The van der Waals surface area contributed by atoms with Crippen molar-refractivity contribution in [3.8, 4) is 0 Å². The van der Waals surface area contributed by atoms with Gasteiger partial charge in [0.15, 0.2) is 0 Å². The Balaban J connectivity index is 3.35. The molecule has 0 rings (SSSR count). The first kappa shape index (κ1) is 16.7. The zero-order valence-electron chi connectivity index (χ0n) is 12.5. The fraction of sp³-hybridized carbons (Fsp3) is 0.875. The lowest BCUT2D eigenvalue weighted by atomic mass is 10.0. The first-order chi connectivity index (χ1) is 8.12. The average molecular weight is 239 g/mol. The number of allylic oxidation sites excluding steroid dienone is 1. The molecule has 0 bridgehead atoms. The van der Waals surface area contributed by atoms with Crippen molar-refractivity contribution in [2.45, 2.75) is 84.6 Å². The van der Waals surface area contributed by atoms with Crippen LogP contribution in [0.2, 0.25) is 0 Å².